The monoisotopic (exact) mass is 296 g/mol. The summed E-state index contributed by atoms with van der Waals surface area (Å²) in [6, 6.07) is 4.47. The van der Waals surface area contributed by atoms with Crippen molar-refractivity contribution < 1.29 is 9.90 Å². The van der Waals surface area contributed by atoms with Gasteiger partial charge in [-0.25, -0.2) is 0 Å². The number of aliphatic hydroxyl groups is 1. The predicted molar refractivity (Wildman–Crippen MR) is 81.8 cm³/mol. The minimum atomic E-state index is -0.337. The van der Waals surface area contributed by atoms with Gasteiger partial charge in [0, 0.05) is 30.9 Å². The molecule has 1 aromatic heterocycles. The fourth-order valence-corrected chi connectivity index (χ4v) is 3.58. The van der Waals surface area contributed by atoms with Crippen LogP contribution < -0.4 is 5.32 Å². The number of hydrogen-bond donors (Lipinski definition) is 2. The van der Waals surface area contributed by atoms with Crippen molar-refractivity contribution in [3.05, 3.63) is 22.4 Å². The van der Waals surface area contributed by atoms with Crippen LogP contribution >= 0.6 is 11.3 Å². The molecular formula is C15H24N2O2S. The van der Waals surface area contributed by atoms with E-state index in [0.29, 0.717) is 6.04 Å². The van der Waals surface area contributed by atoms with Gasteiger partial charge < -0.3 is 15.3 Å². The highest BCUT2D eigenvalue weighted by Crippen LogP contribution is 2.29. The summed E-state index contributed by atoms with van der Waals surface area (Å²) < 4.78 is 0. The van der Waals surface area contributed by atoms with Crippen molar-refractivity contribution in [3.8, 4) is 0 Å². The number of likely N-dealkylation sites (tertiary alicyclic amines) is 1. The molecule has 5 heteroatoms. The summed E-state index contributed by atoms with van der Waals surface area (Å²) in [6.45, 7) is 4.41. The zero-order valence-electron chi connectivity index (χ0n) is 12.0. The second kappa shape index (κ2) is 7.76. The van der Waals surface area contributed by atoms with Crippen LogP contribution in [0.4, 0.5) is 0 Å². The lowest BCUT2D eigenvalue weighted by Gasteiger charge is -2.26. The second-order valence-corrected chi connectivity index (χ2v) is 6.41. The van der Waals surface area contributed by atoms with Gasteiger partial charge in [0.15, 0.2) is 0 Å². The van der Waals surface area contributed by atoms with E-state index in [0.717, 1.165) is 37.4 Å². The summed E-state index contributed by atoms with van der Waals surface area (Å²) in [6.07, 6.45) is 3.84. The van der Waals surface area contributed by atoms with Crippen LogP contribution in [0.5, 0.6) is 0 Å². The largest absolute Gasteiger partial charge is 0.388 e. The number of carbonyl (C=O) groups excluding carboxylic acids is 1. The molecule has 112 valence electrons. The molecule has 2 atom stereocenters. The van der Waals surface area contributed by atoms with E-state index in [2.05, 4.69) is 10.2 Å². The number of amides is 1. The molecule has 2 rings (SSSR count). The van der Waals surface area contributed by atoms with Gasteiger partial charge in [0.25, 0.3) is 0 Å². The van der Waals surface area contributed by atoms with E-state index in [1.807, 2.05) is 17.5 Å². The van der Waals surface area contributed by atoms with Gasteiger partial charge in [-0.1, -0.05) is 6.07 Å². The number of thiophene rings is 1. The first-order chi connectivity index (χ1) is 9.66. The number of nitrogens with one attached hydrogen (secondary N) is 1. The summed E-state index contributed by atoms with van der Waals surface area (Å²) in [5.74, 6) is 0.0380. The molecule has 0 aliphatic carbocycles. The topological polar surface area (TPSA) is 52.6 Å². The number of carbonyl (C=O) groups is 1. The molecule has 2 unspecified atom stereocenters. The second-order valence-electron chi connectivity index (χ2n) is 5.44. The smallest absolute Gasteiger partial charge is 0.216 e. The lowest BCUT2D eigenvalue weighted by atomic mass is 10.1. The van der Waals surface area contributed by atoms with Crippen molar-refractivity contribution in [3.63, 3.8) is 0 Å². The van der Waals surface area contributed by atoms with Crippen molar-refractivity contribution in [1.82, 2.24) is 10.2 Å². The van der Waals surface area contributed by atoms with Crippen molar-refractivity contribution in [2.75, 3.05) is 19.6 Å². The highest BCUT2D eigenvalue weighted by atomic mass is 32.1. The van der Waals surface area contributed by atoms with Gasteiger partial charge in [-0.2, -0.15) is 0 Å². The maximum atomic E-state index is 10.8. The van der Waals surface area contributed by atoms with Crippen LogP contribution in [-0.4, -0.2) is 41.6 Å². The van der Waals surface area contributed by atoms with Crippen molar-refractivity contribution in [2.45, 2.75) is 44.8 Å². The molecule has 0 saturated carbocycles. The van der Waals surface area contributed by atoms with Crippen molar-refractivity contribution in [1.29, 1.82) is 0 Å². The Hall–Kier alpha value is -0.910. The summed E-state index contributed by atoms with van der Waals surface area (Å²) in [5, 5.41) is 15.1. The Morgan fingerprint density at radius 1 is 1.65 bits per heavy atom. The van der Waals surface area contributed by atoms with E-state index in [4.69, 9.17) is 0 Å². The Kier molecular flexibility index (Phi) is 6.01. The first-order valence-electron chi connectivity index (χ1n) is 7.37. The summed E-state index contributed by atoms with van der Waals surface area (Å²) in [4.78, 5) is 14.3. The molecular weight excluding hydrogens is 272 g/mol. The summed E-state index contributed by atoms with van der Waals surface area (Å²) >= 11 is 1.62. The first kappa shape index (κ1) is 15.5. The molecule has 4 nitrogen and oxygen atoms in total. The quantitative estimate of drug-likeness (QED) is 0.758. The number of hydrogen-bond acceptors (Lipinski definition) is 4. The van der Waals surface area contributed by atoms with E-state index < -0.39 is 0 Å². The van der Waals surface area contributed by atoms with Crippen LogP contribution in [0.25, 0.3) is 0 Å². The molecule has 0 bridgehead atoms. The fraction of sp³-hybridized carbons (Fsp3) is 0.667. The fourth-order valence-electron chi connectivity index (χ4n) is 2.86. The molecule has 1 aliphatic heterocycles. The lowest BCUT2D eigenvalue weighted by molar-refractivity contribution is -0.118. The van der Waals surface area contributed by atoms with E-state index in [-0.39, 0.29) is 12.0 Å². The van der Waals surface area contributed by atoms with Crippen LogP contribution in [-0.2, 0) is 4.79 Å². The van der Waals surface area contributed by atoms with Gasteiger partial charge in [0.05, 0.1) is 6.10 Å². The number of rotatable bonds is 7. The molecule has 1 amide bonds. The number of aliphatic hydroxyl groups excluding tert-OH is 1. The Balaban J connectivity index is 1.74. The van der Waals surface area contributed by atoms with Crippen LogP contribution in [0.1, 0.15) is 43.6 Å². The number of nitrogens with zero attached hydrogens (tertiary/aromatic N) is 1. The highest BCUT2D eigenvalue weighted by molar-refractivity contribution is 7.10. The third-order valence-corrected chi connectivity index (χ3v) is 4.84. The summed E-state index contributed by atoms with van der Waals surface area (Å²) in [5.41, 5.74) is 0. The molecule has 2 heterocycles. The standard InChI is InChI=1S/C15H24N2O2S/c1-12(18)16-7-4-9-17-8-2-5-13(17)11-14(19)15-6-3-10-20-15/h3,6,10,13-14,19H,2,4-5,7-9,11H2,1H3,(H,16,18). The normalized spacial score (nSPS) is 21.0. The average Bonchev–Trinajstić information content (AvgIpc) is 3.06. The molecule has 1 aromatic rings. The van der Waals surface area contributed by atoms with Crippen LogP contribution in [0.3, 0.4) is 0 Å². The summed E-state index contributed by atoms with van der Waals surface area (Å²) in [7, 11) is 0. The Morgan fingerprint density at radius 3 is 3.20 bits per heavy atom. The van der Waals surface area contributed by atoms with Gasteiger partial charge >= 0.3 is 0 Å². The average molecular weight is 296 g/mol. The van der Waals surface area contributed by atoms with E-state index >= 15 is 0 Å². The molecule has 1 aliphatic rings. The lowest BCUT2D eigenvalue weighted by Crippen LogP contribution is -2.33. The highest BCUT2D eigenvalue weighted by Gasteiger charge is 2.26. The third-order valence-electron chi connectivity index (χ3n) is 3.86. The third kappa shape index (κ3) is 4.58. The molecule has 0 aromatic carbocycles. The molecule has 1 saturated heterocycles. The molecule has 1 fully saturated rings. The van der Waals surface area contributed by atoms with E-state index in [1.54, 1.807) is 18.3 Å². The minimum Gasteiger partial charge on any atom is -0.388 e. The Labute approximate surface area is 124 Å². The Morgan fingerprint density at radius 2 is 2.50 bits per heavy atom. The van der Waals surface area contributed by atoms with Crippen LogP contribution in [0, 0.1) is 0 Å². The van der Waals surface area contributed by atoms with Crippen LogP contribution in [0.2, 0.25) is 0 Å². The first-order valence-corrected chi connectivity index (χ1v) is 8.24. The Bertz CT molecular complexity index is 408. The van der Waals surface area contributed by atoms with Crippen molar-refractivity contribution in [2.24, 2.45) is 0 Å². The zero-order valence-corrected chi connectivity index (χ0v) is 12.9. The molecule has 20 heavy (non-hydrogen) atoms. The van der Waals surface area contributed by atoms with Crippen LogP contribution in [0.15, 0.2) is 17.5 Å². The van der Waals surface area contributed by atoms with Gasteiger partial charge in [-0.15, -0.1) is 11.3 Å². The minimum absolute atomic E-state index is 0.0380. The maximum Gasteiger partial charge on any atom is 0.216 e. The molecule has 0 radical (unpaired) electrons. The van der Waals surface area contributed by atoms with Gasteiger partial charge in [0.1, 0.15) is 0 Å². The van der Waals surface area contributed by atoms with Gasteiger partial charge in [-0.3, -0.25) is 4.79 Å². The van der Waals surface area contributed by atoms with Gasteiger partial charge in [0.2, 0.25) is 5.91 Å². The molecule has 2 N–H and O–H groups in total. The zero-order chi connectivity index (χ0) is 14.4. The van der Waals surface area contributed by atoms with E-state index in [9.17, 15) is 9.90 Å². The predicted octanol–water partition coefficient (Wildman–Crippen LogP) is 2.16. The molecule has 0 spiro atoms. The van der Waals surface area contributed by atoms with Gasteiger partial charge in [-0.05, 0) is 43.7 Å². The SMILES string of the molecule is CC(=O)NCCCN1CCCC1CC(O)c1cccs1. The van der Waals surface area contributed by atoms with E-state index in [1.165, 1.54) is 12.8 Å². The van der Waals surface area contributed by atoms with Crippen molar-refractivity contribution >= 4 is 17.2 Å². The maximum absolute atomic E-state index is 10.8.